The molecular formula is C18H12BrNOS. The molecule has 3 aromatic carbocycles. The predicted molar refractivity (Wildman–Crippen MR) is 95.5 cm³/mol. The average molecular weight is 370 g/mol. The van der Waals surface area contributed by atoms with Crippen LogP contribution in [-0.4, -0.2) is 11.2 Å². The molecule has 1 aliphatic heterocycles. The van der Waals surface area contributed by atoms with E-state index in [2.05, 4.69) is 40.2 Å². The van der Waals surface area contributed by atoms with Gasteiger partial charge in [0.25, 0.3) is 0 Å². The maximum atomic E-state index is 12.5. The number of alkyl halides is 1. The van der Waals surface area contributed by atoms with Gasteiger partial charge in [0.1, 0.15) is 0 Å². The van der Waals surface area contributed by atoms with Crippen molar-refractivity contribution in [1.29, 1.82) is 0 Å². The van der Waals surface area contributed by atoms with Crippen molar-refractivity contribution in [3.63, 3.8) is 0 Å². The summed E-state index contributed by atoms with van der Waals surface area (Å²) < 4.78 is 0. The predicted octanol–water partition coefficient (Wildman–Crippen LogP) is 5.36. The number of carbonyl (C=O) groups is 1. The van der Waals surface area contributed by atoms with E-state index in [-0.39, 0.29) is 5.91 Å². The molecule has 108 valence electrons. The fraction of sp³-hybridized carbons (Fsp3) is 0.0556. The van der Waals surface area contributed by atoms with Crippen LogP contribution in [0.2, 0.25) is 0 Å². The third-order valence-electron chi connectivity index (χ3n) is 3.78. The highest BCUT2D eigenvalue weighted by Crippen LogP contribution is 2.50. The summed E-state index contributed by atoms with van der Waals surface area (Å²) in [5.74, 6) is 0.0456. The van der Waals surface area contributed by atoms with Crippen LogP contribution in [0.15, 0.2) is 70.5 Å². The lowest BCUT2D eigenvalue weighted by Crippen LogP contribution is -2.29. The average Bonchev–Trinajstić information content (AvgIpc) is 2.59. The Kier molecular flexibility index (Phi) is 3.43. The van der Waals surface area contributed by atoms with Gasteiger partial charge in [0.2, 0.25) is 5.91 Å². The van der Waals surface area contributed by atoms with Crippen molar-refractivity contribution in [2.45, 2.75) is 9.79 Å². The first-order valence-corrected chi connectivity index (χ1v) is 8.91. The molecule has 0 aromatic heterocycles. The molecule has 0 saturated heterocycles. The van der Waals surface area contributed by atoms with Crippen LogP contribution in [0.3, 0.4) is 0 Å². The lowest BCUT2D eigenvalue weighted by atomic mass is 10.1. The molecule has 1 amide bonds. The quantitative estimate of drug-likeness (QED) is 0.537. The van der Waals surface area contributed by atoms with Crippen molar-refractivity contribution in [1.82, 2.24) is 0 Å². The van der Waals surface area contributed by atoms with E-state index in [1.165, 1.54) is 10.8 Å². The Morgan fingerprint density at radius 3 is 2.59 bits per heavy atom. The highest BCUT2D eigenvalue weighted by molar-refractivity contribution is 9.09. The van der Waals surface area contributed by atoms with Gasteiger partial charge in [-0.3, -0.25) is 9.69 Å². The standard InChI is InChI=1S/C18H12BrNOS/c19-11-17(21)20-14-7-3-4-8-16(14)22-18-13-6-2-1-5-12(13)9-10-15(18)20/h1-10H,11H2. The van der Waals surface area contributed by atoms with Gasteiger partial charge in [0.15, 0.2) is 0 Å². The minimum Gasteiger partial charge on any atom is -0.278 e. The zero-order valence-corrected chi connectivity index (χ0v) is 14.0. The maximum absolute atomic E-state index is 12.5. The first kappa shape index (κ1) is 13.9. The number of nitrogens with zero attached hydrogens (tertiary/aromatic N) is 1. The van der Waals surface area contributed by atoms with E-state index in [1.54, 1.807) is 11.8 Å². The van der Waals surface area contributed by atoms with Gasteiger partial charge >= 0.3 is 0 Å². The number of anilines is 2. The summed E-state index contributed by atoms with van der Waals surface area (Å²) in [5.41, 5.74) is 1.92. The van der Waals surface area contributed by atoms with Crippen molar-refractivity contribution >= 4 is 55.7 Å². The van der Waals surface area contributed by atoms with Gasteiger partial charge in [-0.1, -0.05) is 70.2 Å². The molecule has 0 bridgehead atoms. The topological polar surface area (TPSA) is 20.3 Å². The third-order valence-corrected chi connectivity index (χ3v) is 5.46. The van der Waals surface area contributed by atoms with Crippen molar-refractivity contribution in [2.75, 3.05) is 10.2 Å². The van der Waals surface area contributed by atoms with E-state index >= 15 is 0 Å². The van der Waals surface area contributed by atoms with E-state index in [0.29, 0.717) is 5.33 Å². The number of carbonyl (C=O) groups excluding carboxylic acids is 1. The summed E-state index contributed by atoms with van der Waals surface area (Å²) in [7, 11) is 0. The molecule has 3 aromatic rings. The highest BCUT2D eigenvalue weighted by atomic mass is 79.9. The van der Waals surface area contributed by atoms with Crippen molar-refractivity contribution in [2.24, 2.45) is 0 Å². The Morgan fingerprint density at radius 1 is 0.955 bits per heavy atom. The summed E-state index contributed by atoms with van der Waals surface area (Å²) >= 11 is 5.04. The molecule has 1 aliphatic rings. The Balaban J connectivity index is 2.02. The Bertz CT molecular complexity index is 893. The second-order valence-corrected chi connectivity index (χ2v) is 6.68. The van der Waals surface area contributed by atoms with Gasteiger partial charge in [-0.05, 0) is 29.0 Å². The second-order valence-electron chi connectivity index (χ2n) is 5.07. The van der Waals surface area contributed by atoms with Crippen molar-refractivity contribution in [3.05, 3.63) is 60.7 Å². The van der Waals surface area contributed by atoms with Crippen LogP contribution in [0, 0.1) is 0 Å². The SMILES string of the molecule is O=C(CBr)N1c2ccccc2Sc2c1ccc1ccccc21. The van der Waals surface area contributed by atoms with Crippen LogP contribution in [0.1, 0.15) is 0 Å². The first-order chi connectivity index (χ1) is 10.8. The zero-order chi connectivity index (χ0) is 15.1. The summed E-state index contributed by atoms with van der Waals surface area (Å²) in [5, 5.41) is 2.68. The van der Waals surface area contributed by atoms with Crippen LogP contribution >= 0.6 is 27.7 Å². The Morgan fingerprint density at radius 2 is 1.73 bits per heavy atom. The first-order valence-electron chi connectivity index (χ1n) is 6.97. The molecule has 22 heavy (non-hydrogen) atoms. The van der Waals surface area contributed by atoms with Gasteiger partial charge in [0, 0.05) is 9.79 Å². The van der Waals surface area contributed by atoms with E-state index in [1.807, 2.05) is 41.3 Å². The van der Waals surface area contributed by atoms with Gasteiger partial charge in [-0.2, -0.15) is 0 Å². The van der Waals surface area contributed by atoms with Crippen LogP contribution in [0.5, 0.6) is 0 Å². The largest absolute Gasteiger partial charge is 0.278 e. The zero-order valence-electron chi connectivity index (χ0n) is 11.6. The smallest absolute Gasteiger partial charge is 0.242 e. The van der Waals surface area contributed by atoms with Crippen LogP contribution < -0.4 is 4.90 Å². The fourth-order valence-electron chi connectivity index (χ4n) is 2.81. The normalized spacial score (nSPS) is 12.9. The van der Waals surface area contributed by atoms with Crippen molar-refractivity contribution in [3.8, 4) is 0 Å². The van der Waals surface area contributed by atoms with E-state index in [0.717, 1.165) is 21.2 Å². The number of halogens is 1. The highest BCUT2D eigenvalue weighted by Gasteiger charge is 2.28. The van der Waals surface area contributed by atoms with Gasteiger partial charge in [-0.25, -0.2) is 0 Å². The molecule has 0 aliphatic carbocycles. The van der Waals surface area contributed by atoms with E-state index < -0.39 is 0 Å². The molecule has 2 nitrogen and oxygen atoms in total. The number of para-hydroxylation sites is 1. The van der Waals surface area contributed by atoms with Crippen molar-refractivity contribution < 1.29 is 4.79 Å². The summed E-state index contributed by atoms with van der Waals surface area (Å²) in [4.78, 5) is 16.6. The van der Waals surface area contributed by atoms with Gasteiger partial charge in [-0.15, -0.1) is 0 Å². The Labute approximate surface area is 141 Å². The molecule has 0 atom stereocenters. The number of fused-ring (bicyclic) bond motifs is 4. The van der Waals surface area contributed by atoms with Gasteiger partial charge < -0.3 is 0 Å². The third kappa shape index (κ3) is 2.06. The van der Waals surface area contributed by atoms with Crippen LogP contribution in [-0.2, 0) is 4.79 Å². The van der Waals surface area contributed by atoms with Crippen LogP contribution in [0.25, 0.3) is 10.8 Å². The number of rotatable bonds is 1. The monoisotopic (exact) mass is 369 g/mol. The fourth-order valence-corrected chi connectivity index (χ4v) is 4.25. The molecule has 0 unspecified atom stereocenters. The maximum Gasteiger partial charge on any atom is 0.242 e. The van der Waals surface area contributed by atoms with E-state index in [4.69, 9.17) is 0 Å². The Hall–Kier alpha value is -1.78. The van der Waals surface area contributed by atoms with Crippen LogP contribution in [0.4, 0.5) is 11.4 Å². The minimum absolute atomic E-state index is 0.0456. The number of hydrogen-bond donors (Lipinski definition) is 0. The molecular weight excluding hydrogens is 358 g/mol. The molecule has 0 spiro atoms. The number of hydrogen-bond acceptors (Lipinski definition) is 2. The summed E-state index contributed by atoms with van der Waals surface area (Å²) in [6, 6.07) is 20.5. The number of amides is 1. The van der Waals surface area contributed by atoms with Gasteiger partial charge in [0.05, 0.1) is 16.7 Å². The lowest BCUT2D eigenvalue weighted by molar-refractivity contribution is -0.115. The number of benzene rings is 3. The molecule has 0 N–H and O–H groups in total. The summed E-state index contributed by atoms with van der Waals surface area (Å²) in [6.45, 7) is 0. The molecule has 0 fully saturated rings. The molecule has 0 radical (unpaired) electrons. The second kappa shape index (κ2) is 5.45. The molecule has 1 heterocycles. The summed E-state index contributed by atoms with van der Waals surface area (Å²) in [6.07, 6.45) is 0. The molecule has 4 rings (SSSR count). The lowest BCUT2D eigenvalue weighted by Gasteiger charge is -2.31. The molecule has 0 saturated carbocycles. The minimum atomic E-state index is 0.0456. The van der Waals surface area contributed by atoms with E-state index in [9.17, 15) is 4.79 Å². The molecule has 4 heteroatoms.